The lowest BCUT2D eigenvalue weighted by Gasteiger charge is -2.22. The van der Waals surface area contributed by atoms with Crippen molar-refractivity contribution in [2.45, 2.75) is 34.1 Å². The van der Waals surface area contributed by atoms with Crippen LogP contribution in [0, 0.1) is 17.3 Å². The van der Waals surface area contributed by atoms with Crippen molar-refractivity contribution < 1.29 is 4.79 Å². The van der Waals surface area contributed by atoms with Crippen molar-refractivity contribution in [3.05, 3.63) is 0 Å². The van der Waals surface area contributed by atoms with E-state index >= 15 is 0 Å². The summed E-state index contributed by atoms with van der Waals surface area (Å²) in [7, 11) is 2.05. The number of rotatable bonds is 4. The molecule has 1 aliphatic carbocycles. The molecule has 1 fully saturated rings. The third-order valence-electron chi connectivity index (χ3n) is 3.07. The number of hydrogen-bond donors (Lipinski definition) is 0. The number of hydrogen-bond acceptors (Lipinski definition) is 2. The van der Waals surface area contributed by atoms with Crippen LogP contribution in [-0.4, -0.2) is 30.8 Å². The maximum absolute atomic E-state index is 11.7. The van der Waals surface area contributed by atoms with Crippen molar-refractivity contribution >= 4 is 5.78 Å². The molecule has 2 unspecified atom stereocenters. The van der Waals surface area contributed by atoms with E-state index in [4.69, 9.17) is 0 Å². The van der Waals surface area contributed by atoms with Gasteiger partial charge in [0.05, 0.1) is 6.54 Å². The fourth-order valence-electron chi connectivity index (χ4n) is 1.60. The summed E-state index contributed by atoms with van der Waals surface area (Å²) in [6, 6.07) is 0. The van der Waals surface area contributed by atoms with Gasteiger partial charge in [0.25, 0.3) is 0 Å². The lowest BCUT2D eigenvalue weighted by Crippen LogP contribution is -2.34. The Morgan fingerprint density at radius 3 is 2.29 bits per heavy atom. The minimum absolute atomic E-state index is 0.191. The van der Waals surface area contributed by atoms with Gasteiger partial charge in [-0.2, -0.15) is 0 Å². The number of ketones is 1. The smallest absolute Gasteiger partial charge is 0.152 e. The van der Waals surface area contributed by atoms with Gasteiger partial charge in [-0.1, -0.05) is 27.7 Å². The molecule has 14 heavy (non-hydrogen) atoms. The summed E-state index contributed by atoms with van der Waals surface area (Å²) in [5, 5.41) is 0. The predicted molar refractivity (Wildman–Crippen MR) is 59.2 cm³/mol. The number of Topliss-reactive ketones (excluding diaryl/α,β-unsaturated/α-hetero) is 1. The van der Waals surface area contributed by atoms with Crippen LogP contribution in [0.4, 0.5) is 0 Å². The van der Waals surface area contributed by atoms with Crippen LogP contribution < -0.4 is 0 Å². The van der Waals surface area contributed by atoms with Gasteiger partial charge < -0.3 is 0 Å². The minimum Gasteiger partial charge on any atom is -0.299 e. The van der Waals surface area contributed by atoms with E-state index in [2.05, 4.69) is 18.9 Å². The molecular weight excluding hydrogens is 174 g/mol. The molecule has 2 atom stereocenters. The molecular formula is C12H23NO. The van der Waals surface area contributed by atoms with Crippen LogP contribution in [0.15, 0.2) is 0 Å². The lowest BCUT2D eigenvalue weighted by molar-refractivity contribution is -0.127. The van der Waals surface area contributed by atoms with Crippen LogP contribution >= 0.6 is 0 Å². The monoisotopic (exact) mass is 197 g/mol. The van der Waals surface area contributed by atoms with E-state index in [-0.39, 0.29) is 5.41 Å². The van der Waals surface area contributed by atoms with E-state index in [1.807, 2.05) is 20.8 Å². The van der Waals surface area contributed by atoms with Crippen molar-refractivity contribution in [2.24, 2.45) is 17.3 Å². The first kappa shape index (κ1) is 11.7. The van der Waals surface area contributed by atoms with Gasteiger partial charge in [-0.15, -0.1) is 0 Å². The van der Waals surface area contributed by atoms with Gasteiger partial charge in [-0.3, -0.25) is 9.69 Å². The molecule has 0 radical (unpaired) electrons. The van der Waals surface area contributed by atoms with Gasteiger partial charge in [0.15, 0.2) is 5.78 Å². The van der Waals surface area contributed by atoms with Crippen LogP contribution in [0.25, 0.3) is 0 Å². The number of likely N-dealkylation sites (N-methyl/N-ethyl adjacent to an activating group) is 1. The summed E-state index contributed by atoms with van der Waals surface area (Å²) < 4.78 is 0. The normalized spacial score (nSPS) is 26.7. The van der Waals surface area contributed by atoms with Crippen LogP contribution in [0.3, 0.4) is 0 Å². The predicted octanol–water partition coefficient (Wildman–Crippen LogP) is 2.19. The summed E-state index contributed by atoms with van der Waals surface area (Å²) in [6.45, 7) is 9.94. The molecule has 1 rings (SSSR count). The minimum atomic E-state index is -0.191. The van der Waals surface area contributed by atoms with Gasteiger partial charge in [-0.05, 0) is 25.3 Å². The molecule has 1 saturated carbocycles. The zero-order valence-corrected chi connectivity index (χ0v) is 10.1. The van der Waals surface area contributed by atoms with E-state index in [1.54, 1.807) is 0 Å². The fourth-order valence-corrected chi connectivity index (χ4v) is 1.60. The van der Waals surface area contributed by atoms with Crippen molar-refractivity contribution in [1.29, 1.82) is 0 Å². The summed E-state index contributed by atoms with van der Waals surface area (Å²) in [4.78, 5) is 13.9. The number of carbonyl (C=O) groups is 1. The van der Waals surface area contributed by atoms with Crippen LogP contribution in [0.2, 0.25) is 0 Å². The topological polar surface area (TPSA) is 20.3 Å². The van der Waals surface area contributed by atoms with Crippen molar-refractivity contribution in [1.82, 2.24) is 4.90 Å². The quantitative estimate of drug-likeness (QED) is 0.688. The summed E-state index contributed by atoms with van der Waals surface area (Å²) in [5.41, 5.74) is -0.191. The van der Waals surface area contributed by atoms with Gasteiger partial charge in [0.2, 0.25) is 0 Å². The van der Waals surface area contributed by atoms with Crippen LogP contribution in [0.5, 0.6) is 0 Å². The second-order valence-electron chi connectivity index (χ2n) is 5.84. The molecule has 1 aliphatic rings. The molecule has 0 aromatic rings. The summed E-state index contributed by atoms with van der Waals surface area (Å²) in [6.07, 6.45) is 1.34. The highest BCUT2D eigenvalue weighted by Gasteiger charge is 2.33. The SMILES string of the molecule is CC1CC1CN(C)CC(=O)C(C)(C)C. The molecule has 2 heteroatoms. The van der Waals surface area contributed by atoms with Gasteiger partial charge in [0.1, 0.15) is 0 Å². The Hall–Kier alpha value is -0.370. The van der Waals surface area contributed by atoms with Crippen molar-refractivity contribution in [3.8, 4) is 0 Å². The van der Waals surface area contributed by atoms with Gasteiger partial charge in [0, 0.05) is 12.0 Å². The van der Waals surface area contributed by atoms with Crippen LogP contribution in [0.1, 0.15) is 34.1 Å². The van der Waals surface area contributed by atoms with Gasteiger partial charge in [-0.25, -0.2) is 0 Å². The maximum atomic E-state index is 11.7. The molecule has 82 valence electrons. The van der Waals surface area contributed by atoms with Crippen molar-refractivity contribution in [3.63, 3.8) is 0 Å². The molecule has 0 aliphatic heterocycles. The molecule has 0 aromatic carbocycles. The Balaban J connectivity index is 2.26. The molecule has 0 saturated heterocycles. The average molecular weight is 197 g/mol. The summed E-state index contributed by atoms with van der Waals surface area (Å²) >= 11 is 0. The second kappa shape index (κ2) is 4.01. The van der Waals surface area contributed by atoms with Gasteiger partial charge >= 0.3 is 0 Å². The third-order valence-corrected chi connectivity index (χ3v) is 3.07. The molecule has 2 nitrogen and oxygen atoms in total. The zero-order valence-electron chi connectivity index (χ0n) is 10.1. The fraction of sp³-hybridized carbons (Fsp3) is 0.917. The molecule has 0 heterocycles. The lowest BCUT2D eigenvalue weighted by atomic mass is 9.90. The molecule has 0 amide bonds. The number of nitrogens with zero attached hydrogens (tertiary/aromatic N) is 1. The molecule has 0 N–H and O–H groups in total. The average Bonchev–Trinajstić information content (AvgIpc) is 2.63. The van der Waals surface area contributed by atoms with E-state index < -0.39 is 0 Å². The van der Waals surface area contributed by atoms with Crippen LogP contribution in [-0.2, 0) is 4.79 Å². The number of carbonyl (C=O) groups excluding carboxylic acids is 1. The maximum Gasteiger partial charge on any atom is 0.152 e. The highest BCUT2D eigenvalue weighted by Crippen LogP contribution is 2.37. The molecule has 0 aromatic heterocycles. The largest absolute Gasteiger partial charge is 0.299 e. The second-order valence-corrected chi connectivity index (χ2v) is 5.84. The van der Waals surface area contributed by atoms with E-state index in [0.717, 1.165) is 18.4 Å². The highest BCUT2D eigenvalue weighted by molar-refractivity contribution is 5.85. The first-order chi connectivity index (χ1) is 6.30. The molecule has 0 bridgehead atoms. The van der Waals surface area contributed by atoms with E-state index in [0.29, 0.717) is 12.3 Å². The first-order valence-corrected chi connectivity index (χ1v) is 5.52. The first-order valence-electron chi connectivity index (χ1n) is 5.52. The Kier molecular flexibility index (Phi) is 3.36. The highest BCUT2D eigenvalue weighted by atomic mass is 16.1. The third kappa shape index (κ3) is 3.41. The van der Waals surface area contributed by atoms with Crippen molar-refractivity contribution in [2.75, 3.05) is 20.1 Å². The van der Waals surface area contributed by atoms with E-state index in [9.17, 15) is 4.79 Å². The van der Waals surface area contributed by atoms with E-state index in [1.165, 1.54) is 6.42 Å². The Bertz CT molecular complexity index is 217. The Labute approximate surface area is 87.7 Å². The zero-order chi connectivity index (χ0) is 10.9. The Morgan fingerprint density at radius 1 is 1.43 bits per heavy atom. The Morgan fingerprint density at radius 2 is 1.93 bits per heavy atom. The standard InChI is InChI=1S/C12H23NO/c1-9-6-10(9)7-13(5)8-11(14)12(2,3)4/h9-10H,6-8H2,1-5H3. The molecule has 0 spiro atoms. The summed E-state index contributed by atoms with van der Waals surface area (Å²) in [5.74, 6) is 2.06.